The highest BCUT2D eigenvalue weighted by atomic mass is 32.2. The molecule has 2 aromatic rings. The monoisotopic (exact) mass is 420 g/mol. The minimum absolute atomic E-state index is 0.130. The smallest absolute Gasteiger partial charge is 0.341 e. The number of nitrogens with one attached hydrogen (secondary N) is 2. The van der Waals surface area contributed by atoms with E-state index in [1.54, 1.807) is 19.1 Å². The van der Waals surface area contributed by atoms with Gasteiger partial charge in [-0.05, 0) is 50.1 Å². The Labute approximate surface area is 173 Å². The van der Waals surface area contributed by atoms with Gasteiger partial charge in [-0.1, -0.05) is 6.92 Å². The molecule has 2 amide bonds. The van der Waals surface area contributed by atoms with E-state index in [9.17, 15) is 14.4 Å². The number of thiophene rings is 1. The molecule has 1 aromatic heterocycles. The Morgan fingerprint density at radius 1 is 1.11 bits per heavy atom. The molecule has 2 N–H and O–H groups in total. The van der Waals surface area contributed by atoms with Crippen LogP contribution in [0.3, 0.4) is 0 Å². The van der Waals surface area contributed by atoms with Crippen molar-refractivity contribution in [2.45, 2.75) is 39.0 Å². The lowest BCUT2D eigenvalue weighted by Gasteiger charge is -2.08. The first-order valence-corrected chi connectivity index (χ1v) is 10.8. The van der Waals surface area contributed by atoms with E-state index in [0.717, 1.165) is 21.8 Å². The molecule has 0 saturated carbocycles. The van der Waals surface area contributed by atoms with Crippen LogP contribution >= 0.6 is 23.1 Å². The molecule has 150 valence electrons. The summed E-state index contributed by atoms with van der Waals surface area (Å²) in [6.45, 7) is 7.38. The van der Waals surface area contributed by atoms with E-state index in [-0.39, 0.29) is 24.2 Å². The number of anilines is 2. The maximum absolute atomic E-state index is 12.4. The third kappa shape index (κ3) is 5.84. The zero-order valence-corrected chi connectivity index (χ0v) is 18.0. The van der Waals surface area contributed by atoms with Gasteiger partial charge >= 0.3 is 5.97 Å². The van der Waals surface area contributed by atoms with Crippen molar-refractivity contribution < 1.29 is 19.1 Å². The van der Waals surface area contributed by atoms with Gasteiger partial charge in [0.05, 0.1) is 17.9 Å². The molecule has 28 heavy (non-hydrogen) atoms. The van der Waals surface area contributed by atoms with Crippen LogP contribution in [0.25, 0.3) is 0 Å². The molecule has 0 saturated heterocycles. The Bertz CT molecular complexity index is 860. The fourth-order valence-corrected chi connectivity index (χ4v) is 4.43. The van der Waals surface area contributed by atoms with Gasteiger partial charge in [-0.2, -0.15) is 0 Å². The maximum Gasteiger partial charge on any atom is 0.341 e. The Balaban J connectivity index is 2.02. The molecule has 0 spiro atoms. The van der Waals surface area contributed by atoms with E-state index in [4.69, 9.17) is 4.74 Å². The van der Waals surface area contributed by atoms with Gasteiger partial charge < -0.3 is 15.4 Å². The van der Waals surface area contributed by atoms with Crippen molar-refractivity contribution in [2.24, 2.45) is 0 Å². The topological polar surface area (TPSA) is 84.5 Å². The summed E-state index contributed by atoms with van der Waals surface area (Å²) < 4.78 is 5.14. The number of benzene rings is 1. The second kappa shape index (κ2) is 10.3. The number of esters is 1. The lowest BCUT2D eigenvalue weighted by atomic mass is 10.1. The zero-order chi connectivity index (χ0) is 20.7. The minimum atomic E-state index is -0.410. The van der Waals surface area contributed by atoms with Crippen LogP contribution in [0.1, 0.15) is 41.6 Å². The number of hydrogen-bond donors (Lipinski definition) is 2. The van der Waals surface area contributed by atoms with Crippen LogP contribution in [0.15, 0.2) is 29.2 Å². The first kappa shape index (κ1) is 22.0. The second-order valence-corrected chi connectivity index (χ2v) is 8.12. The van der Waals surface area contributed by atoms with Crippen LogP contribution in [0.5, 0.6) is 0 Å². The molecule has 0 bridgehead atoms. The standard InChI is InChI=1S/C20H24N2O4S2/c1-5-16-12(3)18(20(25)26-6-2)19(28-16)22-17(24)11-27-15-9-7-14(8-10-15)21-13(4)23/h7-10H,5-6,11H2,1-4H3,(H,21,23)(H,22,24). The second-order valence-electron chi connectivity index (χ2n) is 5.97. The predicted octanol–water partition coefficient (Wildman–Crippen LogP) is 4.48. The third-order valence-electron chi connectivity index (χ3n) is 3.84. The van der Waals surface area contributed by atoms with Crippen molar-refractivity contribution in [3.63, 3.8) is 0 Å². The summed E-state index contributed by atoms with van der Waals surface area (Å²) in [5.41, 5.74) is 2.02. The Hall–Kier alpha value is -2.32. The highest BCUT2D eigenvalue weighted by Crippen LogP contribution is 2.34. The molecular formula is C20H24N2O4S2. The van der Waals surface area contributed by atoms with Crippen LogP contribution in [0, 0.1) is 6.92 Å². The first-order chi connectivity index (χ1) is 13.3. The fraction of sp³-hybridized carbons (Fsp3) is 0.350. The first-order valence-electron chi connectivity index (χ1n) is 8.95. The van der Waals surface area contributed by atoms with E-state index >= 15 is 0 Å². The van der Waals surface area contributed by atoms with Crippen LogP contribution < -0.4 is 10.6 Å². The van der Waals surface area contributed by atoms with E-state index in [1.165, 1.54) is 30.0 Å². The van der Waals surface area contributed by atoms with Crippen LogP contribution in [0.4, 0.5) is 10.7 Å². The van der Waals surface area contributed by atoms with E-state index in [2.05, 4.69) is 10.6 Å². The maximum atomic E-state index is 12.4. The fourth-order valence-electron chi connectivity index (χ4n) is 2.58. The number of amides is 2. The van der Waals surface area contributed by atoms with Crippen molar-refractivity contribution >= 4 is 51.6 Å². The van der Waals surface area contributed by atoms with Gasteiger partial charge in [0.15, 0.2) is 0 Å². The minimum Gasteiger partial charge on any atom is -0.462 e. The van der Waals surface area contributed by atoms with Gasteiger partial charge in [-0.3, -0.25) is 9.59 Å². The molecule has 0 atom stereocenters. The summed E-state index contributed by atoms with van der Waals surface area (Å²) in [5, 5.41) is 6.10. The SMILES string of the molecule is CCOC(=O)c1c(NC(=O)CSc2ccc(NC(C)=O)cc2)sc(CC)c1C. The molecule has 1 aromatic carbocycles. The normalized spacial score (nSPS) is 10.4. The van der Waals surface area contributed by atoms with Gasteiger partial charge in [0.25, 0.3) is 0 Å². The van der Waals surface area contributed by atoms with Crippen molar-refractivity contribution in [3.8, 4) is 0 Å². The molecule has 8 heteroatoms. The number of carbonyl (C=O) groups is 3. The Kier molecular flexibility index (Phi) is 8.07. The molecule has 0 aliphatic heterocycles. The van der Waals surface area contributed by atoms with E-state index < -0.39 is 5.97 Å². The summed E-state index contributed by atoms with van der Waals surface area (Å²) in [7, 11) is 0. The molecule has 6 nitrogen and oxygen atoms in total. The van der Waals surface area contributed by atoms with Gasteiger partial charge in [-0.25, -0.2) is 4.79 Å². The predicted molar refractivity (Wildman–Crippen MR) is 114 cm³/mol. The molecule has 0 radical (unpaired) electrons. The Morgan fingerprint density at radius 2 is 1.79 bits per heavy atom. The van der Waals surface area contributed by atoms with Gasteiger partial charge in [0.1, 0.15) is 5.00 Å². The van der Waals surface area contributed by atoms with Crippen LogP contribution in [0.2, 0.25) is 0 Å². The number of hydrogen-bond acceptors (Lipinski definition) is 6. The molecular weight excluding hydrogens is 396 g/mol. The third-order valence-corrected chi connectivity index (χ3v) is 6.21. The number of thioether (sulfide) groups is 1. The molecule has 0 fully saturated rings. The van der Waals surface area contributed by atoms with Crippen LogP contribution in [-0.4, -0.2) is 30.1 Å². The molecule has 0 unspecified atom stereocenters. The number of carbonyl (C=O) groups excluding carboxylic acids is 3. The molecule has 0 aliphatic carbocycles. The highest BCUT2D eigenvalue weighted by Gasteiger charge is 2.22. The zero-order valence-electron chi connectivity index (χ0n) is 16.4. The molecule has 1 heterocycles. The van der Waals surface area contributed by atoms with Crippen molar-refractivity contribution in [1.82, 2.24) is 0 Å². The largest absolute Gasteiger partial charge is 0.462 e. The van der Waals surface area contributed by atoms with E-state index in [1.807, 2.05) is 26.0 Å². The summed E-state index contributed by atoms with van der Waals surface area (Å²) in [6, 6.07) is 7.27. The molecule has 2 rings (SSSR count). The van der Waals surface area contributed by atoms with Crippen molar-refractivity contribution in [1.29, 1.82) is 0 Å². The number of aryl methyl sites for hydroxylation is 1. The number of rotatable bonds is 8. The quantitative estimate of drug-likeness (QED) is 0.486. The molecule has 0 aliphatic rings. The average molecular weight is 421 g/mol. The lowest BCUT2D eigenvalue weighted by molar-refractivity contribution is -0.114. The van der Waals surface area contributed by atoms with Crippen molar-refractivity contribution in [2.75, 3.05) is 23.0 Å². The Morgan fingerprint density at radius 3 is 2.36 bits per heavy atom. The summed E-state index contributed by atoms with van der Waals surface area (Å²) >= 11 is 2.80. The highest BCUT2D eigenvalue weighted by molar-refractivity contribution is 8.00. The average Bonchev–Trinajstić information content (AvgIpc) is 2.96. The summed E-state index contributed by atoms with van der Waals surface area (Å²) in [5.74, 6) is -0.520. The lowest BCUT2D eigenvalue weighted by Crippen LogP contribution is -2.16. The van der Waals surface area contributed by atoms with Gasteiger partial charge in [0, 0.05) is 22.4 Å². The van der Waals surface area contributed by atoms with Gasteiger partial charge in [-0.15, -0.1) is 23.1 Å². The summed E-state index contributed by atoms with van der Waals surface area (Å²) in [4.78, 5) is 37.7. The van der Waals surface area contributed by atoms with E-state index in [0.29, 0.717) is 16.3 Å². The summed E-state index contributed by atoms with van der Waals surface area (Å²) in [6.07, 6.45) is 0.786. The van der Waals surface area contributed by atoms with Crippen LogP contribution in [-0.2, 0) is 20.7 Å². The van der Waals surface area contributed by atoms with Gasteiger partial charge in [0.2, 0.25) is 11.8 Å². The number of ether oxygens (including phenoxy) is 1. The van der Waals surface area contributed by atoms with Crippen molar-refractivity contribution in [3.05, 3.63) is 40.3 Å².